The lowest BCUT2D eigenvalue weighted by molar-refractivity contribution is -0.120. The molecule has 2 nitrogen and oxygen atoms in total. The van der Waals surface area contributed by atoms with E-state index >= 15 is 0 Å². The highest BCUT2D eigenvalue weighted by molar-refractivity contribution is 6.30. The van der Waals surface area contributed by atoms with Crippen LogP contribution in [-0.4, -0.2) is 12.9 Å². The van der Waals surface area contributed by atoms with E-state index in [1.807, 2.05) is 18.2 Å². The van der Waals surface area contributed by atoms with E-state index in [4.69, 9.17) is 16.3 Å². The normalized spacial score (nSPS) is 14.7. The summed E-state index contributed by atoms with van der Waals surface area (Å²) in [6, 6.07) is 5.61. The van der Waals surface area contributed by atoms with Gasteiger partial charge in [0.25, 0.3) is 0 Å². The molecule has 0 spiro atoms. The average Bonchev–Trinajstić information content (AvgIpc) is 3.13. The number of benzene rings is 1. The van der Waals surface area contributed by atoms with Gasteiger partial charge in [0.2, 0.25) is 0 Å². The summed E-state index contributed by atoms with van der Waals surface area (Å²) in [7, 11) is 1.65. The summed E-state index contributed by atoms with van der Waals surface area (Å²) in [6.45, 7) is 0. The number of ketones is 1. The highest BCUT2D eigenvalue weighted by Crippen LogP contribution is 2.32. The molecule has 0 atom stereocenters. The SMILES string of the molecule is COc1ccc(Cl)cc1CCCC(=O)C1CC1. The molecular weight excluding hydrogens is 236 g/mol. The zero-order chi connectivity index (χ0) is 12.3. The van der Waals surface area contributed by atoms with Crippen LogP contribution in [0.25, 0.3) is 0 Å². The van der Waals surface area contributed by atoms with Gasteiger partial charge in [0.15, 0.2) is 0 Å². The standard InChI is InChI=1S/C14H17ClO2/c1-17-14-8-7-12(15)9-11(14)3-2-4-13(16)10-5-6-10/h7-10H,2-6H2,1H3. The molecule has 0 aliphatic heterocycles. The summed E-state index contributed by atoms with van der Waals surface area (Å²) in [6.07, 6.45) is 4.60. The summed E-state index contributed by atoms with van der Waals surface area (Å²) in [5, 5.41) is 0.717. The van der Waals surface area contributed by atoms with Gasteiger partial charge in [0.05, 0.1) is 7.11 Å². The topological polar surface area (TPSA) is 26.3 Å². The molecule has 0 aromatic heterocycles. The summed E-state index contributed by atoms with van der Waals surface area (Å²) in [4.78, 5) is 11.6. The first-order chi connectivity index (χ1) is 8.20. The first kappa shape index (κ1) is 12.4. The summed E-state index contributed by atoms with van der Waals surface area (Å²) < 4.78 is 5.27. The zero-order valence-electron chi connectivity index (χ0n) is 10.0. The third kappa shape index (κ3) is 3.47. The second kappa shape index (κ2) is 5.54. The minimum Gasteiger partial charge on any atom is -0.496 e. The Kier molecular flexibility index (Phi) is 4.06. The lowest BCUT2D eigenvalue weighted by atomic mass is 10.0. The predicted molar refractivity (Wildman–Crippen MR) is 68.7 cm³/mol. The summed E-state index contributed by atoms with van der Waals surface area (Å²) in [5.74, 6) is 1.65. The van der Waals surface area contributed by atoms with Gasteiger partial charge < -0.3 is 4.74 Å². The second-order valence-electron chi connectivity index (χ2n) is 4.55. The molecule has 0 radical (unpaired) electrons. The maximum atomic E-state index is 11.6. The third-order valence-electron chi connectivity index (χ3n) is 3.14. The van der Waals surface area contributed by atoms with E-state index in [0.717, 1.165) is 37.0 Å². The van der Waals surface area contributed by atoms with Crippen LogP contribution in [0, 0.1) is 5.92 Å². The number of carbonyl (C=O) groups is 1. The molecule has 0 bridgehead atoms. The second-order valence-corrected chi connectivity index (χ2v) is 4.99. The Balaban J connectivity index is 1.88. The number of aryl methyl sites for hydroxylation is 1. The fraction of sp³-hybridized carbons (Fsp3) is 0.500. The van der Waals surface area contributed by atoms with Crippen molar-refractivity contribution in [1.82, 2.24) is 0 Å². The first-order valence-corrected chi connectivity index (χ1v) is 6.43. The van der Waals surface area contributed by atoms with E-state index in [0.29, 0.717) is 23.1 Å². The van der Waals surface area contributed by atoms with Crippen LogP contribution in [0.1, 0.15) is 31.2 Å². The molecule has 1 aromatic carbocycles. The van der Waals surface area contributed by atoms with Crippen molar-refractivity contribution in [3.8, 4) is 5.75 Å². The Labute approximate surface area is 107 Å². The van der Waals surface area contributed by atoms with Crippen molar-refractivity contribution in [3.63, 3.8) is 0 Å². The molecule has 1 aromatic rings. The summed E-state index contributed by atoms with van der Waals surface area (Å²) in [5.41, 5.74) is 1.09. The van der Waals surface area contributed by atoms with Crippen molar-refractivity contribution in [2.75, 3.05) is 7.11 Å². The number of carbonyl (C=O) groups excluding carboxylic acids is 1. The number of hydrogen-bond acceptors (Lipinski definition) is 2. The van der Waals surface area contributed by atoms with E-state index in [-0.39, 0.29) is 0 Å². The van der Waals surface area contributed by atoms with Crippen LogP contribution < -0.4 is 4.74 Å². The van der Waals surface area contributed by atoms with Gasteiger partial charge in [0.1, 0.15) is 11.5 Å². The van der Waals surface area contributed by atoms with Crippen LogP contribution in [0.4, 0.5) is 0 Å². The van der Waals surface area contributed by atoms with Gasteiger partial charge in [-0.2, -0.15) is 0 Å². The Hall–Kier alpha value is -1.02. The minimum atomic E-state index is 0.372. The van der Waals surface area contributed by atoms with Gasteiger partial charge in [-0.3, -0.25) is 4.79 Å². The van der Waals surface area contributed by atoms with Gasteiger partial charge in [0, 0.05) is 17.4 Å². The highest BCUT2D eigenvalue weighted by Gasteiger charge is 2.28. The molecule has 1 fully saturated rings. The van der Waals surface area contributed by atoms with Crippen LogP contribution in [0.15, 0.2) is 18.2 Å². The number of Topliss-reactive ketones (excluding diaryl/α,β-unsaturated/α-hetero) is 1. The minimum absolute atomic E-state index is 0.372. The predicted octanol–water partition coefficient (Wildman–Crippen LogP) is 3.65. The van der Waals surface area contributed by atoms with Crippen LogP contribution >= 0.6 is 11.6 Å². The average molecular weight is 253 g/mol. The van der Waals surface area contributed by atoms with Crippen molar-refractivity contribution in [2.45, 2.75) is 32.1 Å². The molecule has 0 heterocycles. The van der Waals surface area contributed by atoms with E-state index < -0.39 is 0 Å². The summed E-state index contributed by atoms with van der Waals surface area (Å²) >= 11 is 5.95. The van der Waals surface area contributed by atoms with Gasteiger partial charge in [-0.25, -0.2) is 0 Å². The van der Waals surface area contributed by atoms with E-state index in [9.17, 15) is 4.79 Å². The Bertz CT molecular complexity index is 411. The van der Waals surface area contributed by atoms with Crippen molar-refractivity contribution in [2.24, 2.45) is 5.92 Å². The first-order valence-electron chi connectivity index (χ1n) is 6.06. The lowest BCUT2D eigenvalue weighted by Crippen LogP contribution is -2.01. The van der Waals surface area contributed by atoms with Crippen molar-refractivity contribution >= 4 is 17.4 Å². The molecule has 1 aliphatic rings. The Morgan fingerprint density at radius 2 is 2.24 bits per heavy atom. The molecule has 1 saturated carbocycles. The van der Waals surface area contributed by atoms with Gasteiger partial charge in [-0.1, -0.05) is 11.6 Å². The molecule has 92 valence electrons. The molecular formula is C14H17ClO2. The fourth-order valence-electron chi connectivity index (χ4n) is 2.01. The molecule has 2 rings (SSSR count). The molecule has 0 unspecified atom stereocenters. The monoisotopic (exact) mass is 252 g/mol. The van der Waals surface area contributed by atoms with Gasteiger partial charge in [-0.15, -0.1) is 0 Å². The quantitative estimate of drug-likeness (QED) is 0.773. The molecule has 0 amide bonds. The van der Waals surface area contributed by atoms with Crippen LogP contribution in [0.2, 0.25) is 5.02 Å². The van der Waals surface area contributed by atoms with E-state index in [2.05, 4.69) is 0 Å². The van der Waals surface area contributed by atoms with Crippen molar-refractivity contribution in [1.29, 1.82) is 0 Å². The number of hydrogen-bond donors (Lipinski definition) is 0. The Morgan fingerprint density at radius 3 is 2.88 bits per heavy atom. The molecule has 17 heavy (non-hydrogen) atoms. The highest BCUT2D eigenvalue weighted by atomic mass is 35.5. The van der Waals surface area contributed by atoms with Crippen LogP contribution in [-0.2, 0) is 11.2 Å². The smallest absolute Gasteiger partial charge is 0.135 e. The molecule has 1 aliphatic carbocycles. The van der Waals surface area contributed by atoms with Crippen LogP contribution in [0.5, 0.6) is 5.75 Å². The number of halogens is 1. The van der Waals surface area contributed by atoms with Gasteiger partial charge >= 0.3 is 0 Å². The number of ether oxygens (including phenoxy) is 1. The number of rotatable bonds is 6. The van der Waals surface area contributed by atoms with Gasteiger partial charge in [-0.05, 0) is 49.4 Å². The zero-order valence-corrected chi connectivity index (χ0v) is 10.8. The van der Waals surface area contributed by atoms with E-state index in [1.165, 1.54) is 0 Å². The largest absolute Gasteiger partial charge is 0.496 e. The van der Waals surface area contributed by atoms with Crippen LogP contribution in [0.3, 0.4) is 0 Å². The number of methoxy groups -OCH3 is 1. The Morgan fingerprint density at radius 1 is 1.47 bits per heavy atom. The lowest BCUT2D eigenvalue weighted by Gasteiger charge is -2.08. The van der Waals surface area contributed by atoms with Crippen molar-refractivity contribution < 1.29 is 9.53 Å². The molecule has 0 N–H and O–H groups in total. The maximum absolute atomic E-state index is 11.6. The van der Waals surface area contributed by atoms with Crippen molar-refractivity contribution in [3.05, 3.63) is 28.8 Å². The third-order valence-corrected chi connectivity index (χ3v) is 3.38. The van der Waals surface area contributed by atoms with E-state index in [1.54, 1.807) is 7.11 Å². The fourth-order valence-corrected chi connectivity index (χ4v) is 2.20. The molecule has 0 saturated heterocycles. The maximum Gasteiger partial charge on any atom is 0.135 e. The molecule has 3 heteroatoms.